The zero-order valence-corrected chi connectivity index (χ0v) is 10.7. The van der Waals surface area contributed by atoms with E-state index in [1.54, 1.807) is 0 Å². The minimum atomic E-state index is 0.322. The van der Waals surface area contributed by atoms with E-state index in [2.05, 4.69) is 20.8 Å². The van der Waals surface area contributed by atoms with Gasteiger partial charge in [0.25, 0.3) is 0 Å². The van der Waals surface area contributed by atoms with Crippen LogP contribution >= 0.6 is 0 Å². The van der Waals surface area contributed by atoms with Gasteiger partial charge in [-0.2, -0.15) is 0 Å². The van der Waals surface area contributed by atoms with Gasteiger partial charge in [-0.05, 0) is 24.2 Å². The molecule has 2 heterocycles. The topological polar surface area (TPSA) is 32.8 Å². The Bertz CT molecular complexity index is 266. The lowest BCUT2D eigenvalue weighted by Gasteiger charge is -2.29. The van der Waals surface area contributed by atoms with Gasteiger partial charge in [0.05, 0.1) is 12.7 Å². The van der Waals surface area contributed by atoms with E-state index >= 15 is 0 Å². The van der Waals surface area contributed by atoms with Crippen molar-refractivity contribution in [2.24, 2.45) is 11.3 Å². The van der Waals surface area contributed by atoms with Gasteiger partial charge in [0, 0.05) is 19.5 Å². The van der Waals surface area contributed by atoms with Crippen molar-refractivity contribution < 1.29 is 9.53 Å². The number of likely N-dealkylation sites (tertiary alicyclic amines) is 1. The van der Waals surface area contributed by atoms with Crippen LogP contribution in [0.2, 0.25) is 0 Å². The van der Waals surface area contributed by atoms with Gasteiger partial charge in [0.15, 0.2) is 0 Å². The molecular formula is C13H23NO2. The molecular weight excluding hydrogens is 202 g/mol. The molecule has 0 radical (unpaired) electrons. The lowest BCUT2D eigenvalue weighted by Crippen LogP contribution is -2.34. The maximum Gasteiger partial charge on any atom is 0.222 e. The number of nitrogens with zero attached hydrogens (tertiary/aromatic N) is 1. The third-order valence-corrected chi connectivity index (χ3v) is 3.86. The van der Waals surface area contributed by atoms with Crippen molar-refractivity contribution in [3.05, 3.63) is 0 Å². The molecule has 0 bridgehead atoms. The molecule has 92 valence electrons. The summed E-state index contributed by atoms with van der Waals surface area (Å²) in [4.78, 5) is 13.9. The third kappa shape index (κ3) is 2.97. The minimum absolute atomic E-state index is 0.322. The van der Waals surface area contributed by atoms with Gasteiger partial charge < -0.3 is 9.64 Å². The predicted molar refractivity (Wildman–Crippen MR) is 63.1 cm³/mol. The van der Waals surface area contributed by atoms with Crippen LogP contribution in [-0.4, -0.2) is 36.6 Å². The third-order valence-electron chi connectivity index (χ3n) is 3.86. The van der Waals surface area contributed by atoms with Crippen molar-refractivity contribution in [2.45, 2.75) is 46.1 Å². The first kappa shape index (κ1) is 11.9. The fourth-order valence-corrected chi connectivity index (χ4v) is 2.51. The van der Waals surface area contributed by atoms with Gasteiger partial charge in [0.1, 0.15) is 0 Å². The van der Waals surface area contributed by atoms with Gasteiger partial charge in [0.2, 0.25) is 5.91 Å². The van der Waals surface area contributed by atoms with Crippen LogP contribution in [0.5, 0.6) is 0 Å². The van der Waals surface area contributed by atoms with Gasteiger partial charge in [-0.3, -0.25) is 4.79 Å². The van der Waals surface area contributed by atoms with E-state index < -0.39 is 0 Å². The Kier molecular flexibility index (Phi) is 3.24. The average molecular weight is 225 g/mol. The molecule has 2 rings (SSSR count). The predicted octanol–water partition coefficient (Wildman–Crippen LogP) is 2.06. The van der Waals surface area contributed by atoms with E-state index in [4.69, 9.17) is 4.74 Å². The Morgan fingerprint density at radius 1 is 1.38 bits per heavy atom. The van der Waals surface area contributed by atoms with Crippen LogP contribution in [-0.2, 0) is 9.53 Å². The first-order valence-electron chi connectivity index (χ1n) is 6.36. The van der Waals surface area contributed by atoms with Crippen LogP contribution in [0.25, 0.3) is 0 Å². The molecule has 2 saturated heterocycles. The fraction of sp³-hybridized carbons (Fsp3) is 0.923. The molecule has 2 aliphatic rings. The molecule has 2 unspecified atom stereocenters. The highest BCUT2D eigenvalue weighted by molar-refractivity contribution is 5.76. The number of carbonyl (C=O) groups excluding carboxylic acids is 1. The van der Waals surface area contributed by atoms with Crippen LogP contribution in [0.15, 0.2) is 0 Å². The SMILES string of the molecule is CC(C)(C)C1CCC(=O)N(CC2CO2)CC1. The molecule has 0 N–H and O–H groups in total. The Morgan fingerprint density at radius 2 is 2.06 bits per heavy atom. The van der Waals surface area contributed by atoms with E-state index in [1.165, 1.54) is 0 Å². The summed E-state index contributed by atoms with van der Waals surface area (Å²) in [5.41, 5.74) is 0.326. The molecule has 3 heteroatoms. The number of hydrogen-bond acceptors (Lipinski definition) is 2. The molecule has 0 saturated carbocycles. The fourth-order valence-electron chi connectivity index (χ4n) is 2.51. The first-order valence-corrected chi connectivity index (χ1v) is 6.36. The normalized spacial score (nSPS) is 31.4. The maximum absolute atomic E-state index is 11.9. The molecule has 0 aromatic carbocycles. The maximum atomic E-state index is 11.9. The Morgan fingerprint density at radius 3 is 2.62 bits per heavy atom. The van der Waals surface area contributed by atoms with Gasteiger partial charge in [-0.25, -0.2) is 0 Å². The van der Waals surface area contributed by atoms with Gasteiger partial charge in [-0.1, -0.05) is 20.8 Å². The average Bonchev–Trinajstić information content (AvgIpc) is 2.96. The summed E-state index contributed by atoms with van der Waals surface area (Å²) in [6.45, 7) is 9.41. The number of carbonyl (C=O) groups is 1. The van der Waals surface area contributed by atoms with Crippen LogP contribution in [0, 0.1) is 11.3 Å². The lowest BCUT2D eigenvalue weighted by molar-refractivity contribution is -0.130. The van der Waals surface area contributed by atoms with Crippen molar-refractivity contribution in [3.63, 3.8) is 0 Å². The number of epoxide rings is 1. The Balaban J connectivity index is 1.91. The highest BCUT2D eigenvalue weighted by atomic mass is 16.6. The van der Waals surface area contributed by atoms with Crippen LogP contribution in [0.3, 0.4) is 0 Å². The summed E-state index contributed by atoms with van der Waals surface area (Å²) in [5, 5.41) is 0. The summed E-state index contributed by atoms with van der Waals surface area (Å²) < 4.78 is 5.20. The molecule has 1 amide bonds. The summed E-state index contributed by atoms with van der Waals surface area (Å²) in [7, 11) is 0. The molecule has 2 fully saturated rings. The minimum Gasteiger partial charge on any atom is -0.371 e. The van der Waals surface area contributed by atoms with E-state index in [0.717, 1.165) is 32.5 Å². The number of rotatable bonds is 2. The Hall–Kier alpha value is -0.570. The van der Waals surface area contributed by atoms with Crippen molar-refractivity contribution in [1.82, 2.24) is 4.90 Å². The molecule has 16 heavy (non-hydrogen) atoms. The molecule has 3 nitrogen and oxygen atoms in total. The van der Waals surface area contributed by atoms with E-state index in [-0.39, 0.29) is 0 Å². The molecule has 0 aromatic heterocycles. The summed E-state index contributed by atoms with van der Waals surface area (Å²) in [6.07, 6.45) is 3.23. The van der Waals surface area contributed by atoms with Crippen molar-refractivity contribution in [2.75, 3.05) is 19.7 Å². The van der Waals surface area contributed by atoms with E-state index in [0.29, 0.717) is 29.8 Å². The lowest BCUT2D eigenvalue weighted by atomic mass is 9.77. The monoisotopic (exact) mass is 225 g/mol. The zero-order valence-electron chi connectivity index (χ0n) is 10.7. The second-order valence-corrected chi connectivity index (χ2v) is 6.19. The smallest absolute Gasteiger partial charge is 0.222 e. The van der Waals surface area contributed by atoms with Crippen molar-refractivity contribution in [3.8, 4) is 0 Å². The molecule has 0 spiro atoms. The highest BCUT2D eigenvalue weighted by Gasteiger charge is 2.33. The molecule has 2 aliphatic heterocycles. The second kappa shape index (κ2) is 4.36. The summed E-state index contributed by atoms with van der Waals surface area (Å²) in [6, 6.07) is 0. The van der Waals surface area contributed by atoms with Crippen LogP contribution in [0.1, 0.15) is 40.0 Å². The largest absolute Gasteiger partial charge is 0.371 e. The summed E-state index contributed by atoms with van der Waals surface area (Å²) >= 11 is 0. The van der Waals surface area contributed by atoms with Crippen molar-refractivity contribution in [1.29, 1.82) is 0 Å². The van der Waals surface area contributed by atoms with Crippen LogP contribution in [0.4, 0.5) is 0 Å². The standard InChI is InChI=1S/C13H23NO2/c1-13(2,3)10-4-5-12(15)14(7-6-10)8-11-9-16-11/h10-11H,4-9H2,1-3H3. The van der Waals surface area contributed by atoms with Crippen LogP contribution < -0.4 is 0 Å². The Labute approximate surface area is 98.1 Å². The first-order chi connectivity index (χ1) is 7.47. The second-order valence-electron chi connectivity index (χ2n) is 6.19. The molecule has 0 aromatic rings. The number of ether oxygens (including phenoxy) is 1. The van der Waals surface area contributed by atoms with E-state index in [9.17, 15) is 4.79 Å². The van der Waals surface area contributed by atoms with Gasteiger partial charge >= 0.3 is 0 Å². The van der Waals surface area contributed by atoms with Gasteiger partial charge in [-0.15, -0.1) is 0 Å². The zero-order chi connectivity index (χ0) is 11.8. The quantitative estimate of drug-likeness (QED) is 0.674. The number of amides is 1. The molecule has 2 atom stereocenters. The molecule has 0 aliphatic carbocycles. The summed E-state index contributed by atoms with van der Waals surface area (Å²) in [5.74, 6) is 0.990. The van der Waals surface area contributed by atoms with Crippen molar-refractivity contribution >= 4 is 5.91 Å². The number of hydrogen-bond donors (Lipinski definition) is 0. The van der Waals surface area contributed by atoms with E-state index in [1.807, 2.05) is 4.90 Å². The highest BCUT2D eigenvalue weighted by Crippen LogP contribution is 2.34.